The van der Waals surface area contributed by atoms with Gasteiger partial charge in [0.2, 0.25) is 0 Å². The molecule has 4 nitrogen and oxygen atoms in total. The number of nitrogens with zero attached hydrogens (tertiary/aromatic N) is 1. The molecule has 2 aromatic rings. The van der Waals surface area contributed by atoms with Crippen LogP contribution in [0.25, 0.3) is 0 Å². The predicted octanol–water partition coefficient (Wildman–Crippen LogP) is 3.73. The van der Waals surface area contributed by atoms with Crippen molar-refractivity contribution in [2.45, 2.75) is 12.8 Å². The van der Waals surface area contributed by atoms with E-state index in [0.717, 1.165) is 10.0 Å². The van der Waals surface area contributed by atoms with E-state index < -0.39 is 0 Å². The largest absolute Gasteiger partial charge is 0.484 e. The van der Waals surface area contributed by atoms with E-state index in [2.05, 4.69) is 26.5 Å². The topological polar surface area (TPSA) is 50.7 Å². The summed E-state index contributed by atoms with van der Waals surface area (Å²) in [4.78, 5) is 11.6. The molecule has 1 N–H and O–H groups in total. The quantitative estimate of drug-likeness (QED) is 0.630. The van der Waals surface area contributed by atoms with Crippen LogP contribution in [0.3, 0.4) is 0 Å². The second-order valence-electron chi connectivity index (χ2n) is 4.76. The second-order valence-corrected chi connectivity index (χ2v) is 5.67. The van der Waals surface area contributed by atoms with Gasteiger partial charge >= 0.3 is 0 Å². The number of carbonyl (C=O) groups excluding carboxylic acids is 1. The van der Waals surface area contributed by atoms with Crippen LogP contribution >= 0.6 is 15.9 Å². The van der Waals surface area contributed by atoms with E-state index in [-0.39, 0.29) is 18.4 Å². The molecule has 5 heteroatoms. The minimum Gasteiger partial charge on any atom is -0.484 e. The van der Waals surface area contributed by atoms with E-state index in [1.54, 1.807) is 18.3 Å². The number of hydrazone groups is 1. The summed E-state index contributed by atoms with van der Waals surface area (Å²) in [5, 5.41) is 3.96. The van der Waals surface area contributed by atoms with Gasteiger partial charge < -0.3 is 4.74 Å². The molecular formula is C17H17BrN2O2. The zero-order valence-electron chi connectivity index (χ0n) is 12.2. The normalized spacial score (nSPS) is 12.1. The van der Waals surface area contributed by atoms with Crippen molar-refractivity contribution in [1.29, 1.82) is 0 Å². The summed E-state index contributed by atoms with van der Waals surface area (Å²) >= 11 is 3.34. The number of hydrogen-bond donors (Lipinski definition) is 1. The van der Waals surface area contributed by atoms with Crippen molar-refractivity contribution in [1.82, 2.24) is 5.43 Å². The van der Waals surface area contributed by atoms with Gasteiger partial charge in [0.25, 0.3) is 5.91 Å². The molecule has 1 amide bonds. The lowest BCUT2D eigenvalue weighted by Crippen LogP contribution is -2.24. The van der Waals surface area contributed by atoms with Crippen LogP contribution in [-0.2, 0) is 4.79 Å². The van der Waals surface area contributed by atoms with Crippen molar-refractivity contribution in [2.75, 3.05) is 6.61 Å². The van der Waals surface area contributed by atoms with Gasteiger partial charge in [-0.1, -0.05) is 53.2 Å². The number of amides is 1. The zero-order chi connectivity index (χ0) is 15.8. The fourth-order valence-corrected chi connectivity index (χ4v) is 2.04. The Morgan fingerprint density at radius 2 is 1.91 bits per heavy atom. The molecule has 0 spiro atoms. The number of nitrogens with one attached hydrogen (secondary N) is 1. The Morgan fingerprint density at radius 3 is 2.59 bits per heavy atom. The second kappa shape index (κ2) is 8.34. The summed E-state index contributed by atoms with van der Waals surface area (Å²) in [7, 11) is 0. The van der Waals surface area contributed by atoms with E-state index in [1.165, 1.54) is 0 Å². The third-order valence-electron chi connectivity index (χ3n) is 3.00. The highest BCUT2D eigenvalue weighted by Crippen LogP contribution is 2.15. The fraction of sp³-hybridized carbons (Fsp3) is 0.176. The maximum Gasteiger partial charge on any atom is 0.277 e. The molecule has 0 heterocycles. The Bertz CT molecular complexity index is 627. The molecule has 0 aliphatic carbocycles. The Balaban J connectivity index is 1.75. The Hall–Kier alpha value is -2.14. The van der Waals surface area contributed by atoms with E-state index >= 15 is 0 Å². The number of ether oxygens (including phenoxy) is 1. The first-order valence-corrected chi connectivity index (χ1v) is 7.70. The summed E-state index contributed by atoms with van der Waals surface area (Å²) in [6.07, 6.45) is 1.70. The summed E-state index contributed by atoms with van der Waals surface area (Å²) in [5.74, 6) is 0.480. The first kappa shape index (κ1) is 16.2. The maximum atomic E-state index is 11.6. The third-order valence-corrected chi connectivity index (χ3v) is 3.52. The molecule has 0 aromatic heterocycles. The lowest BCUT2D eigenvalue weighted by Gasteiger charge is -2.06. The van der Waals surface area contributed by atoms with Crippen molar-refractivity contribution in [3.05, 3.63) is 64.6 Å². The highest BCUT2D eigenvalue weighted by atomic mass is 79.9. The molecule has 0 aliphatic rings. The highest BCUT2D eigenvalue weighted by Gasteiger charge is 2.03. The van der Waals surface area contributed by atoms with Crippen LogP contribution in [0.1, 0.15) is 18.4 Å². The molecule has 2 rings (SSSR count). The Morgan fingerprint density at radius 1 is 1.23 bits per heavy atom. The van der Waals surface area contributed by atoms with Crippen LogP contribution in [0.15, 0.2) is 64.2 Å². The van der Waals surface area contributed by atoms with Gasteiger partial charge in [-0.05, 0) is 29.8 Å². The third kappa shape index (κ3) is 5.33. The lowest BCUT2D eigenvalue weighted by atomic mass is 10.0. The standard InChI is InChI=1S/C17H17BrN2O2/c1-13(14-5-3-2-4-6-14)11-19-20-17(21)12-22-16-9-7-15(18)8-10-16/h2-11,13H,12H2,1H3,(H,20,21)/b19-11-/t13-/m0/s1. The number of hydrogen-bond acceptors (Lipinski definition) is 3. The maximum absolute atomic E-state index is 11.6. The number of benzene rings is 2. The SMILES string of the molecule is C[C@@H](/C=N\NC(=O)COc1ccc(Br)cc1)c1ccccc1. The molecule has 0 bridgehead atoms. The summed E-state index contributed by atoms with van der Waals surface area (Å²) in [5.41, 5.74) is 3.61. The number of halogens is 1. The summed E-state index contributed by atoms with van der Waals surface area (Å²) < 4.78 is 6.32. The van der Waals surface area contributed by atoms with Crippen LogP contribution in [0.5, 0.6) is 5.75 Å². The van der Waals surface area contributed by atoms with Gasteiger partial charge in [-0.2, -0.15) is 5.10 Å². The average Bonchev–Trinajstić information content (AvgIpc) is 2.55. The molecule has 0 fully saturated rings. The van der Waals surface area contributed by atoms with Crippen LogP contribution < -0.4 is 10.2 Å². The molecule has 114 valence electrons. The smallest absolute Gasteiger partial charge is 0.277 e. The van der Waals surface area contributed by atoms with Gasteiger partial charge in [-0.15, -0.1) is 0 Å². The Kier molecular flexibility index (Phi) is 6.15. The first-order chi connectivity index (χ1) is 10.6. The predicted molar refractivity (Wildman–Crippen MR) is 91.1 cm³/mol. The Labute approximate surface area is 138 Å². The highest BCUT2D eigenvalue weighted by molar-refractivity contribution is 9.10. The van der Waals surface area contributed by atoms with Crippen molar-refractivity contribution in [3.8, 4) is 5.75 Å². The first-order valence-electron chi connectivity index (χ1n) is 6.90. The minimum absolute atomic E-state index is 0.0707. The molecule has 0 saturated carbocycles. The molecule has 0 unspecified atom stereocenters. The summed E-state index contributed by atoms with van der Waals surface area (Å²) in [6.45, 7) is 1.95. The fourth-order valence-electron chi connectivity index (χ4n) is 1.78. The van der Waals surface area contributed by atoms with Crippen molar-refractivity contribution in [3.63, 3.8) is 0 Å². The zero-order valence-corrected chi connectivity index (χ0v) is 13.8. The molecule has 0 radical (unpaired) electrons. The van der Waals surface area contributed by atoms with E-state index in [1.807, 2.05) is 49.4 Å². The van der Waals surface area contributed by atoms with Crippen LogP contribution in [0, 0.1) is 0 Å². The van der Waals surface area contributed by atoms with Gasteiger partial charge in [0, 0.05) is 16.6 Å². The number of carbonyl (C=O) groups is 1. The van der Waals surface area contributed by atoms with Gasteiger partial charge in [0.1, 0.15) is 5.75 Å². The molecule has 22 heavy (non-hydrogen) atoms. The van der Waals surface area contributed by atoms with Crippen molar-refractivity contribution in [2.24, 2.45) is 5.10 Å². The minimum atomic E-state index is -0.292. The van der Waals surface area contributed by atoms with Crippen molar-refractivity contribution < 1.29 is 9.53 Å². The van der Waals surface area contributed by atoms with E-state index in [9.17, 15) is 4.79 Å². The monoisotopic (exact) mass is 360 g/mol. The van der Waals surface area contributed by atoms with Crippen molar-refractivity contribution >= 4 is 28.1 Å². The van der Waals surface area contributed by atoms with Crippen LogP contribution in [0.2, 0.25) is 0 Å². The van der Waals surface area contributed by atoms with E-state index in [0.29, 0.717) is 5.75 Å². The van der Waals surface area contributed by atoms with Crippen LogP contribution in [-0.4, -0.2) is 18.7 Å². The van der Waals surface area contributed by atoms with Gasteiger partial charge in [0.05, 0.1) is 0 Å². The van der Waals surface area contributed by atoms with Crippen LogP contribution in [0.4, 0.5) is 0 Å². The van der Waals surface area contributed by atoms with Gasteiger partial charge in [0.15, 0.2) is 6.61 Å². The number of rotatable bonds is 6. The van der Waals surface area contributed by atoms with Gasteiger partial charge in [-0.3, -0.25) is 4.79 Å². The average molecular weight is 361 g/mol. The molecule has 0 aliphatic heterocycles. The lowest BCUT2D eigenvalue weighted by molar-refractivity contribution is -0.123. The summed E-state index contributed by atoms with van der Waals surface area (Å²) in [6, 6.07) is 17.3. The van der Waals surface area contributed by atoms with Gasteiger partial charge in [-0.25, -0.2) is 5.43 Å². The molecule has 0 saturated heterocycles. The van der Waals surface area contributed by atoms with E-state index in [4.69, 9.17) is 4.74 Å². The molecular weight excluding hydrogens is 344 g/mol. The molecule has 1 atom stereocenters. The molecule has 2 aromatic carbocycles.